The smallest absolute Gasteiger partial charge is 0.285 e. The van der Waals surface area contributed by atoms with E-state index in [-0.39, 0.29) is 17.2 Å². The molecule has 8 nitrogen and oxygen atoms in total. The summed E-state index contributed by atoms with van der Waals surface area (Å²) >= 11 is 13.0. The lowest BCUT2D eigenvalue weighted by Crippen LogP contribution is -2.25. The Morgan fingerprint density at radius 3 is 2.41 bits per heavy atom. The van der Waals surface area contributed by atoms with E-state index in [2.05, 4.69) is 15.4 Å². The maximum Gasteiger partial charge on any atom is 0.285 e. The third-order valence-corrected chi connectivity index (χ3v) is 5.84. The van der Waals surface area contributed by atoms with Gasteiger partial charge in [0.15, 0.2) is 5.65 Å². The normalized spacial score (nSPS) is 11.0. The molecule has 0 saturated heterocycles. The largest absolute Gasteiger partial charge is 0.412 e. The second kappa shape index (κ2) is 9.17. The first kappa shape index (κ1) is 21.9. The van der Waals surface area contributed by atoms with Crippen LogP contribution in [0.3, 0.4) is 0 Å². The molecule has 0 bridgehead atoms. The van der Waals surface area contributed by atoms with Gasteiger partial charge in [-0.15, -0.1) is 4.73 Å². The summed E-state index contributed by atoms with van der Waals surface area (Å²) < 4.78 is 2.95. The highest BCUT2D eigenvalue weighted by molar-refractivity contribution is 6.39. The van der Waals surface area contributed by atoms with E-state index in [1.807, 2.05) is 41.2 Å². The van der Waals surface area contributed by atoms with E-state index in [0.29, 0.717) is 33.2 Å². The number of aromatic nitrogens is 5. The summed E-state index contributed by atoms with van der Waals surface area (Å²) in [6, 6.07) is 17.9. The number of benzene rings is 2. The van der Waals surface area contributed by atoms with Gasteiger partial charge in [0, 0.05) is 35.1 Å². The van der Waals surface area contributed by atoms with Gasteiger partial charge < -0.3 is 10.2 Å². The molecule has 5 rings (SSSR count). The predicted octanol–water partition coefficient (Wildman–Crippen LogP) is 4.81. The van der Waals surface area contributed by atoms with Gasteiger partial charge in [0.2, 0.25) is 5.95 Å². The fourth-order valence-electron chi connectivity index (χ4n) is 3.64. The molecule has 170 valence electrons. The van der Waals surface area contributed by atoms with E-state index in [0.717, 1.165) is 16.0 Å². The molecule has 5 aromatic rings. The molecule has 0 aliphatic heterocycles. The molecule has 0 amide bonds. The van der Waals surface area contributed by atoms with Crippen molar-refractivity contribution in [1.29, 1.82) is 0 Å². The van der Waals surface area contributed by atoms with Gasteiger partial charge in [0.25, 0.3) is 5.56 Å². The predicted molar refractivity (Wildman–Crippen MR) is 133 cm³/mol. The Bertz CT molecular complexity index is 1510. The van der Waals surface area contributed by atoms with Crippen LogP contribution in [-0.2, 0) is 6.54 Å². The molecule has 0 fully saturated rings. The van der Waals surface area contributed by atoms with Gasteiger partial charge in [-0.25, -0.2) is 4.98 Å². The van der Waals surface area contributed by atoms with Crippen molar-refractivity contribution in [2.45, 2.75) is 6.54 Å². The molecule has 0 aliphatic rings. The Morgan fingerprint density at radius 2 is 1.74 bits per heavy atom. The van der Waals surface area contributed by atoms with Gasteiger partial charge in [-0.1, -0.05) is 41.4 Å². The lowest BCUT2D eigenvalue weighted by atomic mass is 10.1. The number of rotatable bonds is 6. The van der Waals surface area contributed by atoms with Crippen LogP contribution < -0.4 is 15.7 Å². The van der Waals surface area contributed by atoms with E-state index >= 15 is 0 Å². The molecule has 0 aliphatic carbocycles. The van der Waals surface area contributed by atoms with E-state index in [1.165, 1.54) is 13.2 Å². The fraction of sp³-hybridized carbons (Fsp3) is 0.0833. The van der Waals surface area contributed by atoms with Gasteiger partial charge in [0.05, 0.1) is 22.3 Å². The number of nitrogens with zero attached hydrogens (tertiary/aromatic N) is 5. The van der Waals surface area contributed by atoms with Crippen molar-refractivity contribution in [3.05, 3.63) is 99.0 Å². The Balaban J connectivity index is 1.59. The Hall–Kier alpha value is -3.88. The summed E-state index contributed by atoms with van der Waals surface area (Å²) in [7, 11) is 1.40. The zero-order valence-corrected chi connectivity index (χ0v) is 19.5. The number of hydrogen-bond donors (Lipinski definition) is 1. The number of fused-ring (bicyclic) bond motifs is 1. The van der Waals surface area contributed by atoms with Crippen LogP contribution in [0.5, 0.6) is 0 Å². The third-order valence-electron chi connectivity index (χ3n) is 5.21. The van der Waals surface area contributed by atoms with Crippen LogP contribution in [0.25, 0.3) is 22.3 Å². The first-order chi connectivity index (χ1) is 16.5. The highest BCUT2D eigenvalue weighted by Crippen LogP contribution is 2.37. The van der Waals surface area contributed by atoms with Crippen molar-refractivity contribution in [1.82, 2.24) is 24.5 Å². The highest BCUT2D eigenvalue weighted by atomic mass is 35.5. The van der Waals surface area contributed by atoms with Gasteiger partial charge in [-0.05, 0) is 42.0 Å². The van der Waals surface area contributed by atoms with Crippen LogP contribution in [0.15, 0.2) is 77.9 Å². The maximum atomic E-state index is 12.4. The van der Waals surface area contributed by atoms with Crippen molar-refractivity contribution in [2.24, 2.45) is 0 Å². The average Bonchev–Trinajstić information content (AvgIpc) is 3.33. The summed E-state index contributed by atoms with van der Waals surface area (Å²) in [6.45, 7) is 0.662. The third kappa shape index (κ3) is 4.21. The van der Waals surface area contributed by atoms with Crippen LogP contribution in [0.4, 0.5) is 11.6 Å². The van der Waals surface area contributed by atoms with Crippen LogP contribution in [0.2, 0.25) is 10.0 Å². The molecule has 0 radical (unpaired) electrons. The summed E-state index contributed by atoms with van der Waals surface area (Å²) in [6.07, 6.45) is 3.65. The van der Waals surface area contributed by atoms with E-state index in [1.54, 1.807) is 30.5 Å². The summed E-state index contributed by atoms with van der Waals surface area (Å²) in [5.74, 6) is 0.259. The lowest BCUT2D eigenvalue weighted by molar-refractivity contribution is 0.167. The monoisotopic (exact) mass is 492 g/mol. The molecule has 2 aromatic carbocycles. The van der Waals surface area contributed by atoms with Crippen molar-refractivity contribution < 1.29 is 4.84 Å². The average molecular weight is 493 g/mol. The lowest BCUT2D eigenvalue weighted by Gasteiger charge is -2.14. The molecular formula is C24H18Cl2N6O2. The van der Waals surface area contributed by atoms with E-state index in [4.69, 9.17) is 33.0 Å². The topological polar surface area (TPSA) is 86.9 Å². The zero-order valence-electron chi connectivity index (χ0n) is 17.9. The van der Waals surface area contributed by atoms with Crippen molar-refractivity contribution in [3.63, 3.8) is 0 Å². The first-order valence-electron chi connectivity index (χ1n) is 10.3. The highest BCUT2D eigenvalue weighted by Gasteiger charge is 2.18. The zero-order chi connectivity index (χ0) is 23.7. The summed E-state index contributed by atoms with van der Waals surface area (Å²) in [4.78, 5) is 26.9. The summed E-state index contributed by atoms with van der Waals surface area (Å²) in [5, 5.41) is 8.85. The molecular weight excluding hydrogens is 475 g/mol. The number of hydrogen-bond acceptors (Lipinski definition) is 6. The van der Waals surface area contributed by atoms with Crippen LogP contribution in [-0.4, -0.2) is 31.6 Å². The number of nitrogens with one attached hydrogen (secondary N) is 1. The molecule has 0 spiro atoms. The van der Waals surface area contributed by atoms with Crippen molar-refractivity contribution in [3.8, 4) is 11.3 Å². The minimum Gasteiger partial charge on any atom is -0.412 e. The van der Waals surface area contributed by atoms with Gasteiger partial charge in [0.1, 0.15) is 7.11 Å². The van der Waals surface area contributed by atoms with Crippen LogP contribution in [0, 0.1) is 0 Å². The van der Waals surface area contributed by atoms with Gasteiger partial charge >= 0.3 is 0 Å². The Kier molecular flexibility index (Phi) is 5.91. The molecule has 0 saturated carbocycles. The van der Waals surface area contributed by atoms with Crippen molar-refractivity contribution >= 4 is 45.9 Å². The van der Waals surface area contributed by atoms with E-state index < -0.39 is 0 Å². The number of anilines is 2. The maximum absolute atomic E-state index is 12.4. The molecule has 34 heavy (non-hydrogen) atoms. The molecule has 1 N–H and O–H groups in total. The molecule has 3 aromatic heterocycles. The number of halogens is 2. The summed E-state index contributed by atoms with van der Waals surface area (Å²) in [5.41, 5.74) is 2.79. The number of pyridine rings is 1. The first-order valence-corrected chi connectivity index (χ1v) is 11.0. The second-order valence-corrected chi connectivity index (χ2v) is 8.22. The standard InChI is InChI=1S/C24H18Cl2N6O2/c1-34-32-20(33)11-10-17-22(21-18(25)4-2-5-19(21)26)29-24(30-23(17)32)28-16-8-6-15(7-9-16)14-31-13-3-12-27-31/h2-13H,14H2,1H3,(H,28,29,30). The molecule has 0 atom stereocenters. The minimum atomic E-state index is -0.362. The fourth-order valence-corrected chi connectivity index (χ4v) is 4.22. The van der Waals surface area contributed by atoms with Crippen LogP contribution >= 0.6 is 23.2 Å². The molecule has 3 heterocycles. The molecule has 10 heteroatoms. The molecule has 0 unspecified atom stereocenters. The Morgan fingerprint density at radius 1 is 0.971 bits per heavy atom. The van der Waals surface area contributed by atoms with Gasteiger partial charge in [-0.2, -0.15) is 10.1 Å². The van der Waals surface area contributed by atoms with E-state index in [9.17, 15) is 4.79 Å². The van der Waals surface area contributed by atoms with Crippen molar-refractivity contribution in [2.75, 3.05) is 12.4 Å². The second-order valence-electron chi connectivity index (χ2n) is 7.40. The van der Waals surface area contributed by atoms with Crippen LogP contribution in [0.1, 0.15) is 5.56 Å². The van der Waals surface area contributed by atoms with Gasteiger partial charge in [-0.3, -0.25) is 9.48 Å². The Labute approximate surface area is 204 Å². The quantitative estimate of drug-likeness (QED) is 0.365. The SMILES string of the molecule is COn1c(=O)ccc2c(-c3c(Cl)cccc3Cl)nc(Nc3ccc(Cn4cccn4)cc3)nc21. The minimum absolute atomic E-state index is 0.259.